The molecule has 2 N–H and O–H groups in total. The molecule has 1 aromatic heterocycles. The second kappa shape index (κ2) is 7.41. The average molecular weight is 373 g/mol. The Morgan fingerprint density at radius 1 is 1.38 bits per heavy atom. The first-order valence-corrected chi connectivity index (χ1v) is 9.61. The minimum Gasteiger partial charge on any atom is -0.495 e. The lowest BCUT2D eigenvalue weighted by molar-refractivity contribution is -0.113. The number of hydrogen-bond donors (Lipinski definition) is 2. The van der Waals surface area contributed by atoms with Gasteiger partial charge in [0.1, 0.15) is 5.75 Å². The van der Waals surface area contributed by atoms with E-state index in [1.807, 2.05) is 37.4 Å². The molecule has 1 aliphatic rings. The number of anilines is 2. The second-order valence-electron chi connectivity index (χ2n) is 6.37. The Kier molecular flexibility index (Phi) is 5.22. The van der Waals surface area contributed by atoms with Crippen LogP contribution in [0.1, 0.15) is 26.8 Å². The first-order valence-electron chi connectivity index (χ1n) is 8.39. The normalized spacial score (nSPS) is 16.3. The zero-order chi connectivity index (χ0) is 18.8. The van der Waals surface area contributed by atoms with Crippen LogP contribution < -0.4 is 15.4 Å². The van der Waals surface area contributed by atoms with Crippen molar-refractivity contribution in [1.82, 2.24) is 14.8 Å². The highest BCUT2D eigenvalue weighted by molar-refractivity contribution is 7.98. The Labute approximate surface area is 157 Å². The number of allylic oxidation sites excluding steroid dienone is 1. The molecular weight excluding hydrogens is 350 g/mol. The number of amides is 1. The van der Waals surface area contributed by atoms with Crippen LogP contribution >= 0.6 is 11.8 Å². The van der Waals surface area contributed by atoms with Gasteiger partial charge in [-0.05, 0) is 31.2 Å². The Bertz CT molecular complexity index is 859. The molecule has 0 saturated carbocycles. The van der Waals surface area contributed by atoms with Gasteiger partial charge in [0, 0.05) is 5.70 Å². The molecule has 2 heterocycles. The van der Waals surface area contributed by atoms with E-state index < -0.39 is 0 Å². The monoisotopic (exact) mass is 373 g/mol. The highest BCUT2D eigenvalue weighted by atomic mass is 32.2. The lowest BCUT2D eigenvalue weighted by Gasteiger charge is -2.30. The van der Waals surface area contributed by atoms with E-state index in [0.29, 0.717) is 28.1 Å². The minimum atomic E-state index is -0.200. The van der Waals surface area contributed by atoms with Crippen molar-refractivity contribution in [2.45, 2.75) is 32.0 Å². The molecule has 0 spiro atoms. The quantitative estimate of drug-likeness (QED) is 0.780. The number of carbonyl (C=O) groups excluding carboxylic acids is 1. The fourth-order valence-corrected chi connectivity index (χ4v) is 3.45. The van der Waals surface area contributed by atoms with Gasteiger partial charge >= 0.3 is 0 Å². The standard InChI is InChI=1S/C18H23N5O2S/c1-10(2)15-14(11(3)19-17-21-18(26-5)22-23(15)17)16(24)20-12-8-6-7-9-13(12)25-4/h6-10,15H,1-5H3,(H,20,24)(H,19,21,22)/t15-/m0/s1. The van der Waals surface area contributed by atoms with Crippen molar-refractivity contribution in [3.05, 3.63) is 35.5 Å². The Hall–Kier alpha value is -2.48. The molecule has 0 bridgehead atoms. The average Bonchev–Trinajstić information content (AvgIpc) is 3.03. The van der Waals surface area contributed by atoms with E-state index >= 15 is 0 Å². The van der Waals surface area contributed by atoms with E-state index in [4.69, 9.17) is 4.74 Å². The summed E-state index contributed by atoms with van der Waals surface area (Å²) in [7, 11) is 1.58. The third-order valence-electron chi connectivity index (χ3n) is 4.29. The third kappa shape index (κ3) is 3.29. The van der Waals surface area contributed by atoms with Crippen LogP contribution in [0.3, 0.4) is 0 Å². The number of aromatic nitrogens is 3. The lowest BCUT2D eigenvalue weighted by Crippen LogP contribution is -2.33. The molecule has 0 unspecified atom stereocenters. The van der Waals surface area contributed by atoms with E-state index in [1.54, 1.807) is 11.8 Å². The second-order valence-corrected chi connectivity index (χ2v) is 7.15. The van der Waals surface area contributed by atoms with Gasteiger partial charge in [-0.1, -0.05) is 37.7 Å². The minimum absolute atomic E-state index is 0.167. The molecule has 138 valence electrons. The van der Waals surface area contributed by atoms with Gasteiger partial charge < -0.3 is 15.4 Å². The van der Waals surface area contributed by atoms with Crippen LogP contribution in [0.4, 0.5) is 11.6 Å². The number of ether oxygens (including phenoxy) is 1. The molecule has 1 aromatic carbocycles. The molecule has 2 aromatic rings. The van der Waals surface area contributed by atoms with Gasteiger partial charge in [-0.15, -0.1) is 5.10 Å². The fraction of sp³-hybridized carbons (Fsp3) is 0.389. The predicted molar refractivity (Wildman–Crippen MR) is 104 cm³/mol. The van der Waals surface area contributed by atoms with E-state index in [-0.39, 0.29) is 17.9 Å². The van der Waals surface area contributed by atoms with E-state index in [9.17, 15) is 4.79 Å². The summed E-state index contributed by atoms with van der Waals surface area (Å²) in [5.41, 5.74) is 2.07. The molecule has 1 amide bonds. The third-order valence-corrected chi connectivity index (χ3v) is 4.83. The van der Waals surface area contributed by atoms with Crippen LogP contribution in [0.5, 0.6) is 5.75 Å². The molecule has 0 radical (unpaired) electrons. The maximum Gasteiger partial charge on any atom is 0.255 e. The molecule has 1 atom stereocenters. The van der Waals surface area contributed by atoms with Gasteiger partial charge in [0.05, 0.1) is 24.4 Å². The summed E-state index contributed by atoms with van der Waals surface area (Å²) in [6.07, 6.45) is 1.93. The van der Waals surface area contributed by atoms with Crippen LogP contribution in [0.2, 0.25) is 0 Å². The van der Waals surface area contributed by atoms with Crippen LogP contribution in [0, 0.1) is 5.92 Å². The van der Waals surface area contributed by atoms with Crippen LogP contribution in [-0.4, -0.2) is 34.0 Å². The van der Waals surface area contributed by atoms with Gasteiger partial charge in [0.15, 0.2) is 0 Å². The van der Waals surface area contributed by atoms with Gasteiger partial charge in [0.2, 0.25) is 11.1 Å². The molecule has 0 aliphatic carbocycles. The summed E-state index contributed by atoms with van der Waals surface area (Å²) in [6.45, 7) is 6.04. The van der Waals surface area contributed by atoms with Gasteiger partial charge in [-0.2, -0.15) is 4.98 Å². The number of fused-ring (bicyclic) bond motifs is 1. The van der Waals surface area contributed by atoms with Crippen LogP contribution in [-0.2, 0) is 4.79 Å². The molecular formula is C18H23N5O2S. The molecule has 0 saturated heterocycles. The largest absolute Gasteiger partial charge is 0.495 e. The summed E-state index contributed by atoms with van der Waals surface area (Å²) in [5.74, 6) is 1.28. The number of para-hydroxylation sites is 2. The van der Waals surface area contributed by atoms with Crippen molar-refractivity contribution < 1.29 is 9.53 Å². The SMILES string of the molecule is COc1ccccc1NC(=O)C1=C(C)Nc2nc(SC)nn2[C@H]1C(C)C. The van der Waals surface area contributed by atoms with Crippen molar-refractivity contribution in [2.75, 3.05) is 24.0 Å². The number of nitrogens with one attached hydrogen (secondary N) is 2. The van der Waals surface area contributed by atoms with Crippen molar-refractivity contribution in [1.29, 1.82) is 0 Å². The van der Waals surface area contributed by atoms with Crippen molar-refractivity contribution in [3.8, 4) is 5.75 Å². The van der Waals surface area contributed by atoms with Crippen LogP contribution in [0.25, 0.3) is 0 Å². The summed E-state index contributed by atoms with van der Waals surface area (Å²) >= 11 is 1.48. The first kappa shape index (κ1) is 18.3. The predicted octanol–water partition coefficient (Wildman–Crippen LogP) is 3.54. The van der Waals surface area contributed by atoms with Gasteiger partial charge in [-0.25, -0.2) is 4.68 Å². The highest BCUT2D eigenvalue weighted by Crippen LogP contribution is 2.37. The van der Waals surface area contributed by atoms with E-state index in [0.717, 1.165) is 5.70 Å². The lowest BCUT2D eigenvalue weighted by atomic mass is 9.92. The number of carbonyl (C=O) groups is 1. The number of hydrogen-bond acceptors (Lipinski definition) is 6. The summed E-state index contributed by atoms with van der Waals surface area (Å²) < 4.78 is 7.14. The molecule has 26 heavy (non-hydrogen) atoms. The fourth-order valence-electron chi connectivity index (χ4n) is 3.11. The maximum atomic E-state index is 13.1. The molecule has 0 fully saturated rings. The summed E-state index contributed by atoms with van der Waals surface area (Å²) in [6, 6.07) is 7.16. The van der Waals surface area contributed by atoms with Crippen LogP contribution in [0.15, 0.2) is 40.7 Å². The number of nitrogens with zero attached hydrogens (tertiary/aromatic N) is 3. The molecule has 3 rings (SSSR count). The first-order chi connectivity index (χ1) is 12.5. The molecule has 1 aliphatic heterocycles. The summed E-state index contributed by atoms with van der Waals surface area (Å²) in [4.78, 5) is 17.6. The maximum absolute atomic E-state index is 13.1. The highest BCUT2D eigenvalue weighted by Gasteiger charge is 2.35. The Morgan fingerprint density at radius 2 is 2.12 bits per heavy atom. The van der Waals surface area contributed by atoms with Crippen molar-refractivity contribution in [3.63, 3.8) is 0 Å². The van der Waals surface area contributed by atoms with Gasteiger partial charge in [0.25, 0.3) is 5.91 Å². The van der Waals surface area contributed by atoms with E-state index in [2.05, 4.69) is 34.6 Å². The van der Waals surface area contributed by atoms with Crippen molar-refractivity contribution >= 4 is 29.3 Å². The molecule has 7 nitrogen and oxygen atoms in total. The topological polar surface area (TPSA) is 81.1 Å². The Balaban J connectivity index is 1.97. The number of benzene rings is 1. The van der Waals surface area contributed by atoms with Crippen molar-refractivity contribution in [2.24, 2.45) is 5.92 Å². The summed E-state index contributed by atoms with van der Waals surface area (Å²) in [5, 5.41) is 11.4. The Morgan fingerprint density at radius 3 is 2.77 bits per heavy atom. The zero-order valence-electron chi connectivity index (χ0n) is 15.5. The number of thioether (sulfide) groups is 1. The number of methoxy groups -OCH3 is 1. The van der Waals surface area contributed by atoms with E-state index in [1.165, 1.54) is 11.8 Å². The number of rotatable bonds is 5. The zero-order valence-corrected chi connectivity index (χ0v) is 16.3. The van der Waals surface area contributed by atoms with Gasteiger partial charge in [-0.3, -0.25) is 4.79 Å². The molecule has 8 heteroatoms. The smallest absolute Gasteiger partial charge is 0.255 e.